The van der Waals surface area contributed by atoms with E-state index in [0.29, 0.717) is 17.7 Å². The number of carbonyl (C=O) groups is 3. The zero-order chi connectivity index (χ0) is 32.0. The summed E-state index contributed by atoms with van der Waals surface area (Å²) in [7, 11) is 0. The molecule has 0 heterocycles. The molecule has 2 aromatic carbocycles. The number of carbonyl (C=O) groups excluding carboxylic acids is 3. The number of alkyl carbamates (subject to hydrolysis) is 1. The second-order valence-corrected chi connectivity index (χ2v) is 13.1. The van der Waals surface area contributed by atoms with Crippen LogP contribution in [-0.4, -0.2) is 46.5 Å². The van der Waals surface area contributed by atoms with Crippen molar-refractivity contribution in [1.82, 2.24) is 15.5 Å². The minimum Gasteiger partial charge on any atom is -0.444 e. The normalized spacial score (nSPS) is 12.9. The summed E-state index contributed by atoms with van der Waals surface area (Å²) >= 11 is 0. The van der Waals surface area contributed by atoms with Crippen molar-refractivity contribution in [2.24, 2.45) is 0 Å². The van der Waals surface area contributed by atoms with E-state index in [-0.39, 0.29) is 18.2 Å². The maximum absolute atomic E-state index is 14.6. The highest BCUT2D eigenvalue weighted by molar-refractivity contribution is 5.92. The number of hydrogen-bond acceptors (Lipinski definition) is 4. The molecule has 2 atom stereocenters. The molecule has 0 radical (unpaired) electrons. The van der Waals surface area contributed by atoms with Gasteiger partial charge in [-0.25, -0.2) is 4.79 Å². The van der Waals surface area contributed by atoms with Gasteiger partial charge in [0, 0.05) is 24.1 Å². The minimum absolute atomic E-state index is 0.246. The van der Waals surface area contributed by atoms with Crippen LogP contribution in [0.3, 0.4) is 0 Å². The zero-order valence-electron chi connectivity index (χ0n) is 27.2. The largest absolute Gasteiger partial charge is 0.444 e. The van der Waals surface area contributed by atoms with E-state index in [2.05, 4.69) is 23.5 Å². The molecule has 0 saturated carbocycles. The first kappa shape index (κ1) is 35.4. The smallest absolute Gasteiger partial charge is 0.408 e. The summed E-state index contributed by atoms with van der Waals surface area (Å²) in [5, 5.41) is 5.90. The van der Waals surface area contributed by atoms with Crippen molar-refractivity contribution in [3.8, 4) is 12.3 Å². The molecular formula is C36H51N3O4. The highest BCUT2D eigenvalue weighted by Crippen LogP contribution is 2.26. The van der Waals surface area contributed by atoms with Gasteiger partial charge in [0.1, 0.15) is 17.7 Å². The van der Waals surface area contributed by atoms with E-state index in [1.807, 2.05) is 51.1 Å². The van der Waals surface area contributed by atoms with Gasteiger partial charge >= 0.3 is 6.09 Å². The fraction of sp³-hybridized carbons (Fsp3) is 0.528. The number of unbranched alkanes of at least 4 members (excludes halogenated alkanes) is 5. The fourth-order valence-electron chi connectivity index (χ4n) is 4.80. The monoisotopic (exact) mass is 589 g/mol. The highest BCUT2D eigenvalue weighted by Gasteiger charge is 2.37. The van der Waals surface area contributed by atoms with Crippen LogP contribution >= 0.6 is 0 Å². The third-order valence-electron chi connectivity index (χ3n) is 6.76. The van der Waals surface area contributed by atoms with Crippen LogP contribution in [0.5, 0.6) is 0 Å². The summed E-state index contributed by atoms with van der Waals surface area (Å²) in [5.41, 5.74) is 0.944. The van der Waals surface area contributed by atoms with Crippen LogP contribution in [0.25, 0.3) is 0 Å². The Morgan fingerprint density at radius 1 is 0.884 bits per heavy atom. The number of ether oxygens (including phenoxy) is 1. The van der Waals surface area contributed by atoms with Gasteiger partial charge in [0.05, 0.1) is 0 Å². The molecule has 2 unspecified atom stereocenters. The molecule has 2 N–H and O–H groups in total. The standard InChI is InChI=1S/C36H51N3O4/c1-9-11-12-13-14-18-25-39(31(32(40)38-35(3,4)5)29-23-21-27(10-2)22-24-29)33(41)30(26-28-19-16-15-17-20-28)37-34(42)43-36(6,7)8/h2,15-17,19-24,30-31H,9,11-14,18,25-26H2,1,3-8H3,(H,37,42)(H,38,40). The van der Waals surface area contributed by atoms with E-state index in [1.54, 1.807) is 49.9 Å². The Morgan fingerprint density at radius 3 is 2.05 bits per heavy atom. The van der Waals surface area contributed by atoms with Crippen molar-refractivity contribution in [2.45, 2.75) is 117 Å². The molecule has 2 aromatic rings. The highest BCUT2D eigenvalue weighted by atomic mass is 16.6. The van der Waals surface area contributed by atoms with Gasteiger partial charge < -0.3 is 20.3 Å². The van der Waals surface area contributed by atoms with Crippen molar-refractivity contribution in [2.75, 3.05) is 6.54 Å². The summed E-state index contributed by atoms with van der Waals surface area (Å²) in [4.78, 5) is 43.1. The van der Waals surface area contributed by atoms with Gasteiger partial charge in [-0.3, -0.25) is 9.59 Å². The lowest BCUT2D eigenvalue weighted by molar-refractivity contribution is -0.143. The Bertz CT molecular complexity index is 1200. The van der Waals surface area contributed by atoms with Crippen LogP contribution in [0.2, 0.25) is 0 Å². The molecule has 0 aliphatic heterocycles. The minimum atomic E-state index is -0.952. The molecule has 0 aliphatic rings. The van der Waals surface area contributed by atoms with Crippen molar-refractivity contribution < 1.29 is 19.1 Å². The number of nitrogens with zero attached hydrogens (tertiary/aromatic N) is 1. The van der Waals surface area contributed by atoms with Gasteiger partial charge in [0.15, 0.2) is 0 Å². The van der Waals surface area contributed by atoms with Gasteiger partial charge in [0.2, 0.25) is 11.8 Å². The summed E-state index contributed by atoms with van der Waals surface area (Å²) in [5.74, 6) is 1.97. The number of hydrogen-bond donors (Lipinski definition) is 2. The van der Waals surface area contributed by atoms with E-state index < -0.39 is 29.3 Å². The van der Waals surface area contributed by atoms with E-state index in [1.165, 1.54) is 6.42 Å². The number of terminal acetylenes is 1. The van der Waals surface area contributed by atoms with Crippen LogP contribution < -0.4 is 10.6 Å². The first-order valence-corrected chi connectivity index (χ1v) is 15.5. The number of nitrogens with one attached hydrogen (secondary N) is 2. The fourth-order valence-corrected chi connectivity index (χ4v) is 4.80. The van der Waals surface area contributed by atoms with Gasteiger partial charge in [-0.2, -0.15) is 0 Å². The quantitative estimate of drug-likeness (QED) is 0.184. The van der Waals surface area contributed by atoms with Crippen molar-refractivity contribution in [3.63, 3.8) is 0 Å². The maximum atomic E-state index is 14.6. The molecule has 3 amide bonds. The Hall–Kier alpha value is -3.79. The Kier molecular flexibility index (Phi) is 13.8. The lowest BCUT2D eigenvalue weighted by Crippen LogP contribution is -2.55. The summed E-state index contributed by atoms with van der Waals surface area (Å²) in [6.07, 6.45) is 11.3. The first-order chi connectivity index (χ1) is 20.2. The SMILES string of the molecule is C#Cc1ccc(C(C(=O)NC(C)(C)C)N(CCCCCCCC)C(=O)C(Cc2ccccc2)NC(=O)OC(C)(C)C)cc1. The Balaban J connectivity index is 2.55. The average molecular weight is 590 g/mol. The second-order valence-electron chi connectivity index (χ2n) is 13.1. The van der Waals surface area contributed by atoms with Crippen LogP contribution in [0.15, 0.2) is 54.6 Å². The van der Waals surface area contributed by atoms with E-state index >= 15 is 0 Å². The molecule has 0 fully saturated rings. The van der Waals surface area contributed by atoms with Crippen molar-refractivity contribution in [1.29, 1.82) is 0 Å². The third-order valence-corrected chi connectivity index (χ3v) is 6.76. The van der Waals surface area contributed by atoms with Crippen LogP contribution in [0.4, 0.5) is 4.79 Å². The van der Waals surface area contributed by atoms with E-state index in [4.69, 9.17) is 11.2 Å². The predicted octanol–water partition coefficient (Wildman–Crippen LogP) is 6.95. The lowest BCUT2D eigenvalue weighted by atomic mass is 9.97. The molecule has 0 bridgehead atoms. The Morgan fingerprint density at radius 2 is 1.49 bits per heavy atom. The molecule has 0 spiro atoms. The van der Waals surface area contributed by atoms with Gasteiger partial charge in [-0.1, -0.05) is 87.4 Å². The summed E-state index contributed by atoms with van der Waals surface area (Å²) < 4.78 is 5.54. The molecular weight excluding hydrogens is 538 g/mol. The van der Waals surface area contributed by atoms with Gasteiger partial charge in [-0.15, -0.1) is 6.42 Å². The molecule has 7 nitrogen and oxygen atoms in total. The van der Waals surface area contributed by atoms with Crippen molar-refractivity contribution in [3.05, 3.63) is 71.3 Å². The molecule has 0 aliphatic carbocycles. The molecule has 43 heavy (non-hydrogen) atoms. The predicted molar refractivity (Wildman–Crippen MR) is 173 cm³/mol. The van der Waals surface area contributed by atoms with Crippen LogP contribution in [0.1, 0.15) is 110 Å². The van der Waals surface area contributed by atoms with Gasteiger partial charge in [0.25, 0.3) is 0 Å². The zero-order valence-corrected chi connectivity index (χ0v) is 27.2. The van der Waals surface area contributed by atoms with Crippen LogP contribution in [-0.2, 0) is 20.7 Å². The molecule has 7 heteroatoms. The van der Waals surface area contributed by atoms with E-state index in [0.717, 1.165) is 37.7 Å². The van der Waals surface area contributed by atoms with Crippen molar-refractivity contribution >= 4 is 17.9 Å². The average Bonchev–Trinajstić information content (AvgIpc) is 2.92. The molecule has 234 valence electrons. The molecule has 2 rings (SSSR count). The van der Waals surface area contributed by atoms with Gasteiger partial charge in [-0.05, 0) is 71.2 Å². The first-order valence-electron chi connectivity index (χ1n) is 15.5. The topological polar surface area (TPSA) is 87.7 Å². The summed E-state index contributed by atoms with van der Waals surface area (Å²) in [6, 6.07) is 14.8. The molecule has 0 aromatic heterocycles. The lowest BCUT2D eigenvalue weighted by Gasteiger charge is -2.36. The number of benzene rings is 2. The third kappa shape index (κ3) is 12.9. The second kappa shape index (κ2) is 16.7. The summed E-state index contributed by atoms with van der Waals surface area (Å²) in [6.45, 7) is 13.6. The van der Waals surface area contributed by atoms with Crippen LogP contribution in [0, 0.1) is 12.3 Å². The molecule has 0 saturated heterocycles. The van der Waals surface area contributed by atoms with E-state index in [9.17, 15) is 14.4 Å². The number of amides is 3. The Labute approximate surface area is 259 Å². The maximum Gasteiger partial charge on any atom is 0.408 e. The number of rotatable bonds is 14.